The third kappa shape index (κ3) is 3.20. The van der Waals surface area contributed by atoms with E-state index in [0.717, 1.165) is 12.0 Å². The van der Waals surface area contributed by atoms with E-state index in [2.05, 4.69) is 15.9 Å². The van der Waals surface area contributed by atoms with E-state index in [-0.39, 0.29) is 28.9 Å². The molecule has 5 heteroatoms. The maximum absolute atomic E-state index is 12.9. The highest BCUT2D eigenvalue weighted by atomic mass is 79.9. The Balaban J connectivity index is 2.02. The summed E-state index contributed by atoms with van der Waals surface area (Å²) in [5.74, 6) is -0.217. The van der Waals surface area contributed by atoms with E-state index in [4.69, 9.17) is 9.31 Å². The lowest BCUT2D eigenvalue weighted by Gasteiger charge is -2.32. The van der Waals surface area contributed by atoms with Crippen LogP contribution in [0.25, 0.3) is 0 Å². The zero-order valence-corrected chi connectivity index (χ0v) is 13.3. The van der Waals surface area contributed by atoms with Crippen molar-refractivity contribution in [3.8, 4) is 0 Å². The Labute approximate surface area is 122 Å². The zero-order chi connectivity index (χ0) is 14.3. The molecule has 19 heavy (non-hydrogen) atoms. The predicted molar refractivity (Wildman–Crippen MR) is 78.9 cm³/mol. The van der Waals surface area contributed by atoms with Crippen LogP contribution in [0.5, 0.6) is 0 Å². The molecule has 0 bridgehead atoms. The lowest BCUT2D eigenvalue weighted by molar-refractivity contribution is 0.00578. The molecule has 1 saturated heterocycles. The maximum atomic E-state index is 12.9. The maximum Gasteiger partial charge on any atom is 0.472 e. The van der Waals surface area contributed by atoms with E-state index in [9.17, 15) is 4.39 Å². The molecule has 1 fully saturated rings. The Morgan fingerprint density at radius 3 is 2.05 bits per heavy atom. The van der Waals surface area contributed by atoms with Crippen LogP contribution in [0.15, 0.2) is 24.3 Å². The van der Waals surface area contributed by atoms with Gasteiger partial charge in [-0.1, -0.05) is 28.1 Å². The van der Waals surface area contributed by atoms with Crippen molar-refractivity contribution < 1.29 is 13.7 Å². The summed E-state index contributed by atoms with van der Waals surface area (Å²) in [5, 5.41) is 0. The second-order valence-electron chi connectivity index (χ2n) is 5.97. The van der Waals surface area contributed by atoms with Crippen molar-refractivity contribution in [3.05, 3.63) is 35.6 Å². The van der Waals surface area contributed by atoms with Gasteiger partial charge in [0.2, 0.25) is 0 Å². The topological polar surface area (TPSA) is 18.5 Å². The van der Waals surface area contributed by atoms with E-state index in [1.54, 1.807) is 12.1 Å². The average molecular weight is 329 g/mol. The smallest absolute Gasteiger partial charge is 0.402 e. The third-order valence-electron chi connectivity index (χ3n) is 3.91. The quantitative estimate of drug-likeness (QED) is 0.621. The van der Waals surface area contributed by atoms with Crippen LogP contribution in [-0.2, 0) is 15.7 Å². The largest absolute Gasteiger partial charge is 0.472 e. The molecule has 104 valence electrons. The molecule has 1 aromatic carbocycles. The standard InChI is InChI=1S/C14H19BBrFO2/c1-13(2)14(3,4)19-15(18-13)12(16)9-10-5-7-11(17)8-6-10/h5-8,12H,9H2,1-4H3. The molecule has 2 nitrogen and oxygen atoms in total. The van der Waals surface area contributed by atoms with Gasteiger partial charge < -0.3 is 9.31 Å². The van der Waals surface area contributed by atoms with Crippen LogP contribution in [0.2, 0.25) is 0 Å². The molecule has 2 rings (SSSR count). The molecule has 1 heterocycles. The summed E-state index contributed by atoms with van der Waals surface area (Å²) in [6.07, 6.45) is 0.733. The van der Waals surface area contributed by atoms with Gasteiger partial charge in [0.15, 0.2) is 0 Å². The summed E-state index contributed by atoms with van der Waals surface area (Å²) in [4.78, 5) is 0. The summed E-state index contributed by atoms with van der Waals surface area (Å²) in [6.45, 7) is 8.13. The Hall–Kier alpha value is -0.385. The van der Waals surface area contributed by atoms with E-state index in [0.29, 0.717) is 0 Å². The minimum atomic E-state index is -0.327. The van der Waals surface area contributed by atoms with Crippen molar-refractivity contribution in [2.24, 2.45) is 0 Å². The Bertz CT molecular complexity index is 431. The molecule has 0 radical (unpaired) electrons. The fraction of sp³-hybridized carbons (Fsp3) is 0.571. The van der Waals surface area contributed by atoms with Crippen molar-refractivity contribution in [2.45, 2.75) is 50.0 Å². The fourth-order valence-corrected chi connectivity index (χ4v) is 2.57. The molecule has 0 spiro atoms. The number of hydrogen-bond acceptors (Lipinski definition) is 2. The van der Waals surface area contributed by atoms with Crippen LogP contribution >= 0.6 is 15.9 Å². The average Bonchev–Trinajstić information content (AvgIpc) is 2.51. The van der Waals surface area contributed by atoms with Gasteiger partial charge in [0.05, 0.1) is 15.9 Å². The van der Waals surface area contributed by atoms with Gasteiger partial charge in [0, 0.05) is 0 Å². The Morgan fingerprint density at radius 1 is 1.11 bits per heavy atom. The number of rotatable bonds is 3. The predicted octanol–water partition coefficient (Wildman–Crippen LogP) is 3.76. The van der Waals surface area contributed by atoms with Crippen LogP contribution < -0.4 is 0 Å². The van der Waals surface area contributed by atoms with Gasteiger partial charge in [-0.2, -0.15) is 0 Å². The summed E-state index contributed by atoms with van der Waals surface area (Å²) < 4.78 is 24.9. The molecule has 1 aliphatic rings. The molecule has 0 aromatic heterocycles. The van der Waals surface area contributed by atoms with Crippen molar-refractivity contribution in [3.63, 3.8) is 0 Å². The highest BCUT2D eigenvalue weighted by molar-refractivity contribution is 9.10. The van der Waals surface area contributed by atoms with Gasteiger partial charge in [0.25, 0.3) is 0 Å². The van der Waals surface area contributed by atoms with E-state index < -0.39 is 0 Å². The molecule has 1 aliphatic heterocycles. The van der Waals surface area contributed by atoms with E-state index in [1.807, 2.05) is 27.7 Å². The molecular weight excluding hydrogens is 310 g/mol. The monoisotopic (exact) mass is 328 g/mol. The zero-order valence-electron chi connectivity index (χ0n) is 11.7. The summed E-state index contributed by atoms with van der Waals surface area (Å²) in [7, 11) is -0.296. The second-order valence-corrected chi connectivity index (χ2v) is 7.15. The first kappa shape index (κ1) is 15.0. The molecule has 0 N–H and O–H groups in total. The molecule has 1 aromatic rings. The van der Waals surface area contributed by atoms with Crippen LogP contribution in [-0.4, -0.2) is 23.0 Å². The highest BCUT2D eigenvalue weighted by Crippen LogP contribution is 2.39. The lowest BCUT2D eigenvalue weighted by atomic mass is 9.81. The summed E-state index contributed by atoms with van der Waals surface area (Å²) in [5.41, 5.74) is 0.400. The SMILES string of the molecule is CC1(C)OB(C(Br)Cc2ccc(F)cc2)OC1(C)C. The minimum Gasteiger partial charge on any atom is -0.402 e. The number of alkyl halides is 1. The van der Waals surface area contributed by atoms with Gasteiger partial charge in [-0.3, -0.25) is 0 Å². The first-order chi connectivity index (χ1) is 8.71. The van der Waals surface area contributed by atoms with Gasteiger partial charge in [-0.15, -0.1) is 0 Å². The Morgan fingerprint density at radius 2 is 1.58 bits per heavy atom. The Kier molecular flexibility index (Phi) is 4.10. The lowest BCUT2D eigenvalue weighted by Crippen LogP contribution is -2.41. The van der Waals surface area contributed by atoms with E-state index in [1.165, 1.54) is 12.1 Å². The van der Waals surface area contributed by atoms with Crippen molar-refractivity contribution in [1.82, 2.24) is 0 Å². The van der Waals surface area contributed by atoms with Crippen LogP contribution in [0.3, 0.4) is 0 Å². The normalized spacial score (nSPS) is 22.5. The first-order valence-electron chi connectivity index (χ1n) is 6.45. The molecule has 0 aliphatic carbocycles. The third-order valence-corrected chi connectivity index (χ3v) is 4.67. The molecule has 0 saturated carbocycles. The minimum absolute atomic E-state index is 0.0408. The van der Waals surface area contributed by atoms with Crippen molar-refractivity contribution in [1.29, 1.82) is 0 Å². The molecular formula is C14H19BBrFO2. The number of hydrogen-bond donors (Lipinski definition) is 0. The van der Waals surface area contributed by atoms with Gasteiger partial charge in [-0.05, 0) is 51.8 Å². The van der Waals surface area contributed by atoms with Gasteiger partial charge in [-0.25, -0.2) is 4.39 Å². The summed E-state index contributed by atoms with van der Waals surface area (Å²) >= 11 is 3.62. The van der Waals surface area contributed by atoms with Crippen LogP contribution in [0.4, 0.5) is 4.39 Å². The first-order valence-corrected chi connectivity index (χ1v) is 7.37. The van der Waals surface area contributed by atoms with Crippen molar-refractivity contribution in [2.75, 3.05) is 0 Å². The van der Waals surface area contributed by atoms with Crippen LogP contribution in [0, 0.1) is 5.82 Å². The second kappa shape index (κ2) is 5.19. The molecule has 1 unspecified atom stereocenters. The molecule has 1 atom stereocenters. The van der Waals surface area contributed by atoms with E-state index >= 15 is 0 Å². The fourth-order valence-electron chi connectivity index (χ4n) is 1.98. The highest BCUT2D eigenvalue weighted by Gasteiger charge is 2.53. The summed E-state index contributed by atoms with van der Waals surface area (Å²) in [6, 6.07) is 6.52. The van der Waals surface area contributed by atoms with Crippen LogP contribution in [0.1, 0.15) is 33.3 Å². The number of halogens is 2. The molecule has 0 amide bonds. The number of benzene rings is 1. The van der Waals surface area contributed by atoms with Gasteiger partial charge >= 0.3 is 7.12 Å². The van der Waals surface area contributed by atoms with Crippen molar-refractivity contribution >= 4 is 23.0 Å². The van der Waals surface area contributed by atoms with Gasteiger partial charge in [0.1, 0.15) is 5.82 Å².